The second-order valence-electron chi connectivity index (χ2n) is 4.45. The molecule has 92 valence electrons. The summed E-state index contributed by atoms with van der Waals surface area (Å²) in [5.74, 6) is 0.735. The van der Waals surface area contributed by atoms with Gasteiger partial charge in [0.05, 0.1) is 0 Å². The van der Waals surface area contributed by atoms with Crippen molar-refractivity contribution in [3.8, 4) is 0 Å². The van der Waals surface area contributed by atoms with E-state index in [0.29, 0.717) is 17.7 Å². The summed E-state index contributed by atoms with van der Waals surface area (Å²) in [5.41, 5.74) is 0. The van der Waals surface area contributed by atoms with E-state index in [0.717, 1.165) is 12.8 Å². The van der Waals surface area contributed by atoms with Crippen molar-refractivity contribution >= 4 is 5.78 Å². The Bertz CT molecular complexity index is 163. The molecule has 1 saturated carbocycles. The van der Waals surface area contributed by atoms with Crippen molar-refractivity contribution in [2.75, 3.05) is 7.05 Å². The van der Waals surface area contributed by atoms with Gasteiger partial charge in [0, 0.05) is 13.4 Å². The molecular formula is C13H29NO. The minimum Gasteiger partial charge on any atom is -0.317 e. The molecule has 0 amide bonds. The molecule has 0 aromatic heterocycles. The number of carbonyl (C=O) groups is 1. The number of unbranched alkanes of at least 4 members (excludes halogenated alkanes) is 1. The summed E-state index contributed by atoms with van der Waals surface area (Å²) < 4.78 is 0. The Morgan fingerprint density at radius 2 is 1.67 bits per heavy atom. The van der Waals surface area contributed by atoms with Crippen LogP contribution in [0.15, 0.2) is 0 Å². The molecule has 1 aliphatic carbocycles. The van der Waals surface area contributed by atoms with Crippen molar-refractivity contribution in [1.29, 1.82) is 0 Å². The molecule has 0 spiro atoms. The van der Waals surface area contributed by atoms with E-state index in [1.165, 1.54) is 25.7 Å². The smallest absolute Gasteiger partial charge is 0.132 e. The molecule has 0 unspecified atom stereocenters. The van der Waals surface area contributed by atoms with Gasteiger partial charge in [0.25, 0.3) is 0 Å². The lowest BCUT2D eigenvalue weighted by atomic mass is 9.84. The van der Waals surface area contributed by atoms with Crippen molar-refractivity contribution in [3.63, 3.8) is 0 Å². The van der Waals surface area contributed by atoms with Crippen molar-refractivity contribution in [2.45, 2.75) is 65.3 Å². The fraction of sp³-hybridized carbons (Fsp3) is 0.923. The Kier molecular flexibility index (Phi) is 8.68. The Hall–Kier alpha value is -0.370. The topological polar surface area (TPSA) is 29.1 Å². The standard InChI is InChI=1S/C9H17NO.C4H10.H2/c1-7(11)8-3-5-9(10-2)6-4-8;1-3-4-2;/h8-10H,3-6H2,1-2H3;3-4H2,1-2H3;1H. The summed E-state index contributed by atoms with van der Waals surface area (Å²) in [6, 6.07) is 0.658. The Balaban J connectivity index is 0. The predicted octanol–water partition coefficient (Wildman–Crippen LogP) is 3.41. The number of hydrogen-bond acceptors (Lipinski definition) is 2. The van der Waals surface area contributed by atoms with Crippen molar-refractivity contribution < 1.29 is 6.22 Å². The largest absolute Gasteiger partial charge is 0.317 e. The molecule has 0 saturated heterocycles. The van der Waals surface area contributed by atoms with Gasteiger partial charge in [0.1, 0.15) is 5.78 Å². The highest BCUT2D eigenvalue weighted by atomic mass is 16.1. The van der Waals surface area contributed by atoms with Crippen LogP contribution in [0.2, 0.25) is 0 Å². The van der Waals surface area contributed by atoms with Crippen LogP contribution in [0.5, 0.6) is 0 Å². The lowest BCUT2D eigenvalue weighted by Crippen LogP contribution is -2.31. The number of hydrogen-bond donors (Lipinski definition) is 1. The molecule has 1 aliphatic rings. The third kappa shape index (κ3) is 6.67. The van der Waals surface area contributed by atoms with Crippen molar-refractivity contribution in [3.05, 3.63) is 0 Å². The first-order chi connectivity index (χ1) is 7.15. The first-order valence-electron chi connectivity index (χ1n) is 6.33. The molecule has 0 aliphatic heterocycles. The van der Waals surface area contributed by atoms with E-state index < -0.39 is 0 Å². The summed E-state index contributed by atoms with van der Waals surface area (Å²) in [4.78, 5) is 11.0. The summed E-state index contributed by atoms with van der Waals surface area (Å²) in [6.45, 7) is 6.07. The zero-order valence-electron chi connectivity index (χ0n) is 10.8. The first kappa shape index (κ1) is 14.6. The van der Waals surface area contributed by atoms with Gasteiger partial charge in [-0.15, -0.1) is 0 Å². The highest BCUT2D eigenvalue weighted by Crippen LogP contribution is 2.24. The summed E-state index contributed by atoms with van der Waals surface area (Å²) >= 11 is 0. The molecule has 0 aromatic rings. The van der Waals surface area contributed by atoms with Crippen LogP contribution in [0.4, 0.5) is 0 Å². The van der Waals surface area contributed by atoms with Crippen LogP contribution in [0.25, 0.3) is 0 Å². The lowest BCUT2D eigenvalue weighted by Gasteiger charge is -2.26. The third-order valence-electron chi connectivity index (χ3n) is 3.21. The highest BCUT2D eigenvalue weighted by molar-refractivity contribution is 5.78. The van der Waals surface area contributed by atoms with E-state index in [1.54, 1.807) is 6.92 Å². The van der Waals surface area contributed by atoms with Crippen LogP contribution in [-0.4, -0.2) is 18.9 Å². The van der Waals surface area contributed by atoms with Crippen molar-refractivity contribution in [1.82, 2.24) is 5.32 Å². The number of carbonyl (C=O) groups excluding carboxylic acids is 1. The van der Waals surface area contributed by atoms with E-state index >= 15 is 0 Å². The van der Waals surface area contributed by atoms with E-state index in [2.05, 4.69) is 19.2 Å². The normalized spacial score (nSPS) is 25.3. The molecule has 2 nitrogen and oxygen atoms in total. The summed E-state index contributed by atoms with van der Waals surface area (Å²) in [7, 11) is 2.00. The Morgan fingerprint density at radius 1 is 1.20 bits per heavy atom. The average Bonchev–Trinajstić information content (AvgIpc) is 2.29. The maximum absolute atomic E-state index is 11.0. The average molecular weight is 215 g/mol. The number of Topliss-reactive ketones (excluding diaryl/α,β-unsaturated/α-hetero) is 1. The maximum Gasteiger partial charge on any atom is 0.132 e. The van der Waals surface area contributed by atoms with Gasteiger partial charge < -0.3 is 5.32 Å². The second kappa shape index (κ2) is 8.90. The molecule has 0 radical (unpaired) electrons. The van der Waals surface area contributed by atoms with Crippen LogP contribution in [-0.2, 0) is 4.79 Å². The van der Waals surface area contributed by atoms with Crippen LogP contribution in [0.3, 0.4) is 0 Å². The number of nitrogens with one attached hydrogen (secondary N) is 1. The van der Waals surface area contributed by atoms with Crippen LogP contribution in [0, 0.1) is 5.92 Å². The van der Waals surface area contributed by atoms with Gasteiger partial charge in [-0.05, 0) is 39.7 Å². The minimum atomic E-state index is 0. The van der Waals surface area contributed by atoms with Crippen LogP contribution >= 0.6 is 0 Å². The first-order valence-corrected chi connectivity index (χ1v) is 6.33. The molecule has 15 heavy (non-hydrogen) atoms. The van der Waals surface area contributed by atoms with Crippen LogP contribution < -0.4 is 5.32 Å². The van der Waals surface area contributed by atoms with Crippen molar-refractivity contribution in [2.24, 2.45) is 5.92 Å². The van der Waals surface area contributed by atoms with E-state index in [9.17, 15) is 4.79 Å². The maximum atomic E-state index is 11.0. The molecule has 0 atom stereocenters. The molecular weight excluding hydrogens is 186 g/mol. The summed E-state index contributed by atoms with van der Waals surface area (Å²) in [6.07, 6.45) is 7.14. The monoisotopic (exact) mass is 215 g/mol. The Morgan fingerprint density at radius 3 is 1.93 bits per heavy atom. The van der Waals surface area contributed by atoms with E-state index in [4.69, 9.17) is 0 Å². The van der Waals surface area contributed by atoms with E-state index in [-0.39, 0.29) is 1.43 Å². The molecule has 0 aromatic carbocycles. The second-order valence-corrected chi connectivity index (χ2v) is 4.45. The van der Waals surface area contributed by atoms with Gasteiger partial charge in [-0.1, -0.05) is 26.7 Å². The number of rotatable bonds is 3. The van der Waals surface area contributed by atoms with E-state index in [1.807, 2.05) is 7.05 Å². The van der Waals surface area contributed by atoms with Gasteiger partial charge in [-0.3, -0.25) is 4.79 Å². The van der Waals surface area contributed by atoms with Gasteiger partial charge in [0.2, 0.25) is 0 Å². The fourth-order valence-corrected chi connectivity index (χ4v) is 1.79. The molecule has 2 heteroatoms. The molecule has 0 bridgehead atoms. The SMILES string of the molecule is CCCC.CNC1CCC(C(C)=O)CC1.[HH]. The van der Waals surface area contributed by atoms with Gasteiger partial charge in [-0.25, -0.2) is 0 Å². The molecule has 1 N–H and O–H groups in total. The lowest BCUT2D eigenvalue weighted by molar-refractivity contribution is -0.121. The third-order valence-corrected chi connectivity index (χ3v) is 3.21. The van der Waals surface area contributed by atoms with Gasteiger partial charge in [-0.2, -0.15) is 0 Å². The summed E-state index contributed by atoms with van der Waals surface area (Å²) in [5, 5.41) is 3.25. The molecule has 1 fully saturated rings. The predicted molar refractivity (Wildman–Crippen MR) is 68.2 cm³/mol. The van der Waals surface area contributed by atoms with Gasteiger partial charge >= 0.3 is 0 Å². The molecule has 1 rings (SSSR count). The zero-order chi connectivity index (χ0) is 11.7. The number of ketones is 1. The quantitative estimate of drug-likeness (QED) is 0.781. The van der Waals surface area contributed by atoms with Gasteiger partial charge in [0.15, 0.2) is 0 Å². The minimum absolute atomic E-state index is 0. The van der Waals surface area contributed by atoms with Crippen LogP contribution in [0.1, 0.15) is 60.7 Å². The highest BCUT2D eigenvalue weighted by Gasteiger charge is 2.22. The zero-order valence-corrected chi connectivity index (χ0v) is 10.8. The fourth-order valence-electron chi connectivity index (χ4n) is 1.79. The Labute approximate surface area is 96.3 Å². The molecule has 0 heterocycles.